The fourth-order valence-corrected chi connectivity index (χ4v) is 0.900. The van der Waals surface area contributed by atoms with E-state index in [0.717, 1.165) is 17.0 Å². The molecule has 0 aliphatic heterocycles. The van der Waals surface area contributed by atoms with E-state index in [2.05, 4.69) is 0 Å². The lowest BCUT2D eigenvalue weighted by Crippen LogP contribution is -2.27. The van der Waals surface area contributed by atoms with Crippen LogP contribution in [0.15, 0.2) is 18.2 Å². The molecule has 14 heavy (non-hydrogen) atoms. The third kappa shape index (κ3) is 1.93. The molecule has 3 nitrogen and oxygen atoms in total. The zero-order valence-electron chi connectivity index (χ0n) is 7.33. The summed E-state index contributed by atoms with van der Waals surface area (Å²) in [6, 6.07) is 2.94. The molecule has 1 aromatic carbocycles. The van der Waals surface area contributed by atoms with Crippen molar-refractivity contribution in [3.63, 3.8) is 0 Å². The first-order chi connectivity index (χ1) is 6.56. The Balaban J connectivity index is 3.02. The number of carbonyl (C=O) groups is 2. The van der Waals surface area contributed by atoms with E-state index in [-0.39, 0.29) is 12.0 Å². The van der Waals surface area contributed by atoms with Crippen molar-refractivity contribution in [3.05, 3.63) is 29.8 Å². The Morgan fingerprint density at radius 1 is 1.36 bits per heavy atom. The number of rotatable bonds is 2. The van der Waals surface area contributed by atoms with Gasteiger partial charge in [-0.25, -0.2) is 8.78 Å². The lowest BCUT2D eigenvalue weighted by molar-refractivity contribution is -0.129. The van der Waals surface area contributed by atoms with Gasteiger partial charge in [0.05, 0.1) is 0 Å². The summed E-state index contributed by atoms with van der Waals surface area (Å²) in [6.07, 6.45) is 0.0985. The quantitative estimate of drug-likeness (QED) is 0.528. The van der Waals surface area contributed by atoms with E-state index in [1.54, 1.807) is 0 Å². The van der Waals surface area contributed by atoms with Crippen LogP contribution in [-0.2, 0) is 9.59 Å². The van der Waals surface area contributed by atoms with Gasteiger partial charge in [-0.1, -0.05) is 0 Å². The normalized spacial score (nSPS) is 9.64. The predicted octanol–water partition coefficient (Wildman–Crippen LogP) is 1.13. The van der Waals surface area contributed by atoms with Crippen LogP contribution < -0.4 is 4.90 Å². The standard InChI is InChI=1S/C9H7F2NO2/c1-12(9(14)5-13)6-2-3-7(10)8(11)4-6/h2-5H,1H3. The maximum absolute atomic E-state index is 12.7. The van der Waals surface area contributed by atoms with Crippen LogP contribution in [-0.4, -0.2) is 19.2 Å². The van der Waals surface area contributed by atoms with Crippen molar-refractivity contribution in [1.29, 1.82) is 0 Å². The van der Waals surface area contributed by atoms with Gasteiger partial charge < -0.3 is 4.90 Å². The molecule has 0 N–H and O–H groups in total. The summed E-state index contributed by atoms with van der Waals surface area (Å²) in [4.78, 5) is 21.9. The lowest BCUT2D eigenvalue weighted by atomic mass is 10.3. The Morgan fingerprint density at radius 3 is 2.50 bits per heavy atom. The molecule has 0 radical (unpaired) electrons. The smallest absolute Gasteiger partial charge is 0.290 e. The zero-order chi connectivity index (χ0) is 10.7. The molecule has 0 aromatic heterocycles. The van der Waals surface area contributed by atoms with E-state index in [4.69, 9.17) is 0 Å². The summed E-state index contributed by atoms with van der Waals surface area (Å²) >= 11 is 0. The maximum Gasteiger partial charge on any atom is 0.290 e. The first kappa shape index (κ1) is 10.3. The lowest BCUT2D eigenvalue weighted by Gasteiger charge is -2.13. The van der Waals surface area contributed by atoms with Crippen LogP contribution in [0, 0.1) is 11.6 Å². The Kier molecular flexibility index (Phi) is 2.91. The summed E-state index contributed by atoms with van der Waals surface area (Å²) in [6.45, 7) is 0. The minimum Gasteiger partial charge on any atom is -0.309 e. The third-order valence-corrected chi connectivity index (χ3v) is 1.72. The van der Waals surface area contributed by atoms with Gasteiger partial charge in [0, 0.05) is 18.8 Å². The Hall–Kier alpha value is -1.78. The van der Waals surface area contributed by atoms with Crippen LogP contribution in [0.5, 0.6) is 0 Å². The molecule has 0 bridgehead atoms. The zero-order valence-corrected chi connectivity index (χ0v) is 7.33. The fourth-order valence-electron chi connectivity index (χ4n) is 0.900. The average Bonchev–Trinajstić information content (AvgIpc) is 2.20. The Bertz CT molecular complexity index is 379. The van der Waals surface area contributed by atoms with Crippen molar-refractivity contribution < 1.29 is 18.4 Å². The van der Waals surface area contributed by atoms with Gasteiger partial charge in [0.25, 0.3) is 5.91 Å². The van der Waals surface area contributed by atoms with Crippen LogP contribution in [0.2, 0.25) is 0 Å². The van der Waals surface area contributed by atoms with Crippen molar-refractivity contribution in [3.8, 4) is 0 Å². The highest BCUT2D eigenvalue weighted by atomic mass is 19.2. The molecule has 0 saturated heterocycles. The van der Waals surface area contributed by atoms with Crippen LogP contribution in [0.3, 0.4) is 0 Å². The summed E-state index contributed by atoms with van der Waals surface area (Å²) in [5.41, 5.74) is 0.126. The summed E-state index contributed by atoms with van der Waals surface area (Å²) in [7, 11) is 1.30. The average molecular weight is 199 g/mol. The first-order valence-electron chi connectivity index (χ1n) is 3.74. The fraction of sp³-hybridized carbons (Fsp3) is 0.111. The van der Waals surface area contributed by atoms with Crippen LogP contribution in [0.25, 0.3) is 0 Å². The highest BCUT2D eigenvalue weighted by Gasteiger charge is 2.11. The Morgan fingerprint density at radius 2 is 2.00 bits per heavy atom. The minimum atomic E-state index is -1.06. The van der Waals surface area contributed by atoms with E-state index in [9.17, 15) is 18.4 Å². The van der Waals surface area contributed by atoms with Crippen molar-refractivity contribution in [2.75, 3.05) is 11.9 Å². The van der Waals surface area contributed by atoms with E-state index >= 15 is 0 Å². The van der Waals surface area contributed by atoms with Gasteiger partial charge in [-0.05, 0) is 12.1 Å². The van der Waals surface area contributed by atoms with Crippen molar-refractivity contribution >= 4 is 17.9 Å². The van der Waals surface area contributed by atoms with Crippen LogP contribution >= 0.6 is 0 Å². The molecule has 0 aliphatic rings. The molecule has 0 heterocycles. The van der Waals surface area contributed by atoms with E-state index in [0.29, 0.717) is 0 Å². The molecular formula is C9H7F2NO2. The van der Waals surface area contributed by atoms with Crippen molar-refractivity contribution in [2.24, 2.45) is 0 Å². The topological polar surface area (TPSA) is 37.4 Å². The number of hydrogen-bond donors (Lipinski definition) is 0. The second kappa shape index (κ2) is 3.95. The maximum atomic E-state index is 12.7. The van der Waals surface area contributed by atoms with E-state index in [1.807, 2.05) is 0 Å². The number of benzene rings is 1. The summed E-state index contributed by atoms with van der Waals surface area (Å²) < 4.78 is 25.2. The molecule has 0 unspecified atom stereocenters. The van der Waals surface area contributed by atoms with Gasteiger partial charge >= 0.3 is 0 Å². The van der Waals surface area contributed by atoms with Gasteiger partial charge in [-0.3, -0.25) is 9.59 Å². The number of aldehydes is 1. The van der Waals surface area contributed by atoms with E-state index in [1.165, 1.54) is 13.1 Å². The summed E-state index contributed by atoms with van der Waals surface area (Å²) in [5.74, 6) is -2.88. The van der Waals surface area contributed by atoms with Gasteiger partial charge in [-0.2, -0.15) is 0 Å². The number of likely N-dealkylation sites (N-methyl/N-ethyl adjacent to an activating group) is 1. The first-order valence-corrected chi connectivity index (χ1v) is 3.74. The number of hydrogen-bond acceptors (Lipinski definition) is 2. The Labute approximate surface area is 78.9 Å². The summed E-state index contributed by atoms with van der Waals surface area (Å²) in [5, 5.41) is 0. The van der Waals surface area contributed by atoms with Crippen molar-refractivity contribution in [2.45, 2.75) is 0 Å². The highest BCUT2D eigenvalue weighted by molar-refractivity contribution is 6.30. The third-order valence-electron chi connectivity index (χ3n) is 1.72. The molecule has 0 aliphatic carbocycles. The molecule has 0 fully saturated rings. The number of amides is 1. The number of anilines is 1. The number of carbonyl (C=O) groups excluding carboxylic acids is 2. The second-order valence-corrected chi connectivity index (χ2v) is 2.61. The number of halogens is 2. The molecule has 1 amide bonds. The second-order valence-electron chi connectivity index (χ2n) is 2.61. The number of nitrogens with zero attached hydrogens (tertiary/aromatic N) is 1. The van der Waals surface area contributed by atoms with Gasteiger partial charge in [0.1, 0.15) is 0 Å². The molecule has 0 saturated carbocycles. The minimum absolute atomic E-state index is 0.0985. The highest BCUT2D eigenvalue weighted by Crippen LogP contribution is 2.16. The molecular weight excluding hydrogens is 192 g/mol. The predicted molar refractivity (Wildman–Crippen MR) is 45.8 cm³/mol. The largest absolute Gasteiger partial charge is 0.309 e. The van der Waals surface area contributed by atoms with Gasteiger partial charge in [0.15, 0.2) is 11.6 Å². The molecule has 0 atom stereocenters. The monoisotopic (exact) mass is 199 g/mol. The molecule has 1 rings (SSSR count). The van der Waals surface area contributed by atoms with Crippen molar-refractivity contribution in [1.82, 2.24) is 0 Å². The van der Waals surface area contributed by atoms with E-state index < -0.39 is 17.5 Å². The van der Waals surface area contributed by atoms with Gasteiger partial charge in [-0.15, -0.1) is 0 Å². The SMILES string of the molecule is CN(C(=O)C=O)c1ccc(F)c(F)c1. The molecule has 0 spiro atoms. The van der Waals surface area contributed by atoms with Crippen LogP contribution in [0.4, 0.5) is 14.5 Å². The molecule has 5 heteroatoms. The van der Waals surface area contributed by atoms with Gasteiger partial charge in [0.2, 0.25) is 6.29 Å². The van der Waals surface area contributed by atoms with Crippen LogP contribution in [0.1, 0.15) is 0 Å². The molecule has 1 aromatic rings. The molecule has 74 valence electrons.